The average molecular weight is 382 g/mol. The number of carbonyl (C=O) groups excluding carboxylic acids is 2. The van der Waals surface area contributed by atoms with Gasteiger partial charge in [-0.1, -0.05) is 48.5 Å². The summed E-state index contributed by atoms with van der Waals surface area (Å²) >= 11 is 1.57. The molecule has 1 aliphatic carbocycles. The first-order valence-electron chi connectivity index (χ1n) is 8.81. The van der Waals surface area contributed by atoms with Crippen LogP contribution in [0, 0.1) is 0 Å². The summed E-state index contributed by atoms with van der Waals surface area (Å²) in [4.78, 5) is 26.5. The Labute approximate surface area is 165 Å². The van der Waals surface area contributed by atoms with Gasteiger partial charge >= 0.3 is 0 Å². The number of allylic oxidation sites excluding steroid dienone is 1. The Hall–Kier alpha value is -3.57. The average Bonchev–Trinajstić information content (AvgIpc) is 3.45. The summed E-state index contributed by atoms with van der Waals surface area (Å²) in [6.45, 7) is 0. The van der Waals surface area contributed by atoms with Gasteiger partial charge in [0.05, 0.1) is 16.1 Å². The van der Waals surface area contributed by atoms with E-state index in [1.54, 1.807) is 46.4 Å². The molecule has 0 spiro atoms. The van der Waals surface area contributed by atoms with E-state index in [-0.39, 0.29) is 17.1 Å². The van der Waals surface area contributed by atoms with E-state index in [0.29, 0.717) is 11.1 Å². The van der Waals surface area contributed by atoms with Crippen molar-refractivity contribution in [2.75, 3.05) is 0 Å². The molecule has 1 aliphatic rings. The highest BCUT2D eigenvalue weighted by Gasteiger charge is 2.33. The molecule has 0 aliphatic heterocycles. The topological polar surface area (TPSA) is 52.0 Å². The molecule has 0 bridgehead atoms. The summed E-state index contributed by atoms with van der Waals surface area (Å²) < 4.78 is 1.78. The van der Waals surface area contributed by atoms with Gasteiger partial charge in [0.1, 0.15) is 5.69 Å². The van der Waals surface area contributed by atoms with Gasteiger partial charge in [0.2, 0.25) is 0 Å². The third-order valence-electron chi connectivity index (χ3n) is 4.72. The molecule has 0 saturated carbocycles. The maximum atomic E-state index is 12.8. The molecule has 4 aromatic rings. The zero-order chi connectivity index (χ0) is 19.1. The summed E-state index contributed by atoms with van der Waals surface area (Å²) in [5.74, 6) is -0.463. The molecule has 2 aromatic carbocycles. The van der Waals surface area contributed by atoms with E-state index in [0.717, 1.165) is 21.8 Å². The Kier molecular flexibility index (Phi) is 3.88. The Balaban J connectivity index is 1.66. The number of nitrogens with zero attached hydrogens (tertiary/aromatic N) is 2. The van der Waals surface area contributed by atoms with E-state index >= 15 is 0 Å². The number of aromatic nitrogens is 2. The molecule has 2 heterocycles. The highest BCUT2D eigenvalue weighted by molar-refractivity contribution is 7.13. The maximum Gasteiger partial charge on any atom is 0.197 e. The lowest BCUT2D eigenvalue weighted by Crippen LogP contribution is -2.00. The van der Waals surface area contributed by atoms with Crippen molar-refractivity contribution in [3.8, 4) is 16.3 Å². The number of benzene rings is 2. The van der Waals surface area contributed by atoms with E-state index in [9.17, 15) is 9.59 Å². The van der Waals surface area contributed by atoms with Crippen LogP contribution in [-0.2, 0) is 0 Å². The van der Waals surface area contributed by atoms with Crippen LogP contribution in [0.2, 0.25) is 0 Å². The van der Waals surface area contributed by atoms with Crippen molar-refractivity contribution in [1.82, 2.24) is 9.78 Å². The van der Waals surface area contributed by atoms with E-state index in [4.69, 9.17) is 5.10 Å². The summed E-state index contributed by atoms with van der Waals surface area (Å²) in [7, 11) is 0. The summed E-state index contributed by atoms with van der Waals surface area (Å²) in [5, 5.41) is 6.71. The first kappa shape index (κ1) is 16.6. The van der Waals surface area contributed by atoms with E-state index in [1.807, 2.05) is 54.0 Å². The lowest BCUT2D eigenvalue weighted by Gasteiger charge is -1.99. The predicted octanol–water partition coefficient (Wildman–Crippen LogP) is 5.06. The van der Waals surface area contributed by atoms with Gasteiger partial charge in [-0.2, -0.15) is 5.10 Å². The standard InChI is InChI=1S/C23H14N2O2S/c26-22-17-9-4-5-10-18(17)23(27)19(22)13-15-14-25(16-7-2-1-3-8-16)24-21(15)20-11-6-12-28-20/h1-14H. The van der Waals surface area contributed by atoms with Gasteiger partial charge in [-0.15, -0.1) is 11.3 Å². The first-order chi connectivity index (χ1) is 13.7. The number of hydrogen-bond donors (Lipinski definition) is 0. The lowest BCUT2D eigenvalue weighted by atomic mass is 10.1. The van der Waals surface area contributed by atoms with E-state index in [2.05, 4.69) is 0 Å². The van der Waals surface area contributed by atoms with Crippen LogP contribution in [0.15, 0.2) is 83.9 Å². The van der Waals surface area contributed by atoms with Crippen molar-refractivity contribution >= 4 is 29.0 Å². The molecule has 4 nitrogen and oxygen atoms in total. The molecule has 0 fully saturated rings. The molecule has 0 unspecified atom stereocenters. The minimum atomic E-state index is -0.231. The van der Waals surface area contributed by atoms with Gasteiger partial charge in [-0.05, 0) is 29.7 Å². The smallest absolute Gasteiger partial charge is 0.197 e. The van der Waals surface area contributed by atoms with Gasteiger partial charge in [0, 0.05) is 22.9 Å². The zero-order valence-electron chi connectivity index (χ0n) is 14.7. The number of ketones is 2. The highest BCUT2D eigenvalue weighted by Crippen LogP contribution is 2.32. The molecule has 2 aromatic heterocycles. The molecule has 5 heteroatoms. The number of para-hydroxylation sites is 1. The number of carbonyl (C=O) groups is 2. The highest BCUT2D eigenvalue weighted by atomic mass is 32.1. The number of rotatable bonds is 3. The minimum absolute atomic E-state index is 0.187. The number of thiophene rings is 1. The quantitative estimate of drug-likeness (QED) is 0.367. The van der Waals surface area contributed by atoms with Crippen LogP contribution >= 0.6 is 11.3 Å². The Morgan fingerprint density at radius 3 is 2.14 bits per heavy atom. The van der Waals surface area contributed by atoms with Crippen molar-refractivity contribution in [2.24, 2.45) is 0 Å². The molecule has 28 heavy (non-hydrogen) atoms. The van der Waals surface area contributed by atoms with Crippen LogP contribution < -0.4 is 0 Å². The van der Waals surface area contributed by atoms with Crippen molar-refractivity contribution in [1.29, 1.82) is 0 Å². The number of fused-ring (bicyclic) bond motifs is 1. The molecule has 0 radical (unpaired) electrons. The van der Waals surface area contributed by atoms with Gasteiger partial charge < -0.3 is 0 Å². The summed E-state index contributed by atoms with van der Waals surface area (Å²) in [5.41, 5.74) is 3.53. The molecular formula is C23H14N2O2S. The molecule has 5 rings (SSSR count). The molecular weight excluding hydrogens is 368 g/mol. The van der Waals surface area contributed by atoms with Crippen LogP contribution in [0.25, 0.3) is 22.3 Å². The van der Waals surface area contributed by atoms with Crippen LogP contribution in [0.3, 0.4) is 0 Å². The second-order valence-electron chi connectivity index (χ2n) is 6.45. The van der Waals surface area contributed by atoms with Crippen LogP contribution in [0.4, 0.5) is 0 Å². The summed E-state index contributed by atoms with van der Waals surface area (Å²) in [6, 6.07) is 20.7. The van der Waals surface area contributed by atoms with Crippen LogP contribution in [0.1, 0.15) is 26.3 Å². The lowest BCUT2D eigenvalue weighted by molar-refractivity contribution is 0.0990. The third-order valence-corrected chi connectivity index (χ3v) is 5.60. The molecule has 0 atom stereocenters. The Morgan fingerprint density at radius 2 is 1.50 bits per heavy atom. The Bertz CT molecular complexity index is 1200. The maximum absolute atomic E-state index is 12.8. The van der Waals surface area contributed by atoms with Crippen molar-refractivity contribution in [3.05, 3.63) is 101 Å². The van der Waals surface area contributed by atoms with Crippen molar-refractivity contribution < 1.29 is 9.59 Å². The van der Waals surface area contributed by atoms with Gasteiger partial charge in [0.25, 0.3) is 0 Å². The van der Waals surface area contributed by atoms with E-state index < -0.39 is 0 Å². The van der Waals surface area contributed by atoms with Gasteiger partial charge in [-0.25, -0.2) is 4.68 Å². The molecule has 134 valence electrons. The third kappa shape index (κ3) is 2.64. The second kappa shape index (κ2) is 6.55. The second-order valence-corrected chi connectivity index (χ2v) is 7.40. The fraction of sp³-hybridized carbons (Fsp3) is 0. The van der Waals surface area contributed by atoms with Crippen LogP contribution in [-0.4, -0.2) is 21.3 Å². The fourth-order valence-corrected chi connectivity index (χ4v) is 4.10. The number of hydrogen-bond acceptors (Lipinski definition) is 4. The first-order valence-corrected chi connectivity index (χ1v) is 9.69. The van der Waals surface area contributed by atoms with E-state index in [1.165, 1.54) is 0 Å². The molecule has 0 N–H and O–H groups in total. The van der Waals surface area contributed by atoms with Crippen molar-refractivity contribution in [3.63, 3.8) is 0 Å². The SMILES string of the molecule is O=C1C(=Cc2cn(-c3ccccc3)nc2-c2cccs2)C(=O)c2ccccc21. The Morgan fingerprint density at radius 1 is 0.821 bits per heavy atom. The number of Topliss-reactive ketones (excluding diaryl/α,β-unsaturated/α-hetero) is 2. The van der Waals surface area contributed by atoms with Crippen LogP contribution in [0.5, 0.6) is 0 Å². The molecule has 0 amide bonds. The zero-order valence-corrected chi connectivity index (χ0v) is 15.5. The fourth-order valence-electron chi connectivity index (χ4n) is 3.37. The molecule has 0 saturated heterocycles. The largest absolute Gasteiger partial charge is 0.288 e. The summed E-state index contributed by atoms with van der Waals surface area (Å²) in [6.07, 6.45) is 3.53. The van der Waals surface area contributed by atoms with Gasteiger partial charge in [-0.3, -0.25) is 9.59 Å². The predicted molar refractivity (Wildman–Crippen MR) is 110 cm³/mol. The normalized spacial score (nSPS) is 13.1. The van der Waals surface area contributed by atoms with Crippen molar-refractivity contribution in [2.45, 2.75) is 0 Å². The minimum Gasteiger partial charge on any atom is -0.288 e. The van der Waals surface area contributed by atoms with Gasteiger partial charge in [0.15, 0.2) is 11.6 Å². The monoisotopic (exact) mass is 382 g/mol.